The number of carbonyl (C=O) groups is 2. The molecule has 37 heavy (non-hydrogen) atoms. The van der Waals surface area contributed by atoms with Gasteiger partial charge in [-0.2, -0.15) is 5.48 Å². The summed E-state index contributed by atoms with van der Waals surface area (Å²) in [5.74, 6) is -2.62. The number of aliphatic hydroxyl groups excluding tert-OH is 3. The lowest BCUT2D eigenvalue weighted by molar-refractivity contribution is -0.311. The molecule has 2 unspecified atom stereocenters. The van der Waals surface area contributed by atoms with Crippen molar-refractivity contribution >= 4 is 31.0 Å². The minimum absolute atomic E-state index is 0.0709. The Bertz CT molecular complexity index is 1110. The number of H-pyrrole nitrogens is 1. The van der Waals surface area contributed by atoms with Gasteiger partial charge in [-0.1, -0.05) is 36.7 Å². The summed E-state index contributed by atoms with van der Waals surface area (Å²) in [7, 11) is -3.42. The molecule has 7 N–H and O–H groups in total. The summed E-state index contributed by atoms with van der Waals surface area (Å²) in [6.45, 7) is 5.01. The van der Waals surface area contributed by atoms with Crippen molar-refractivity contribution in [2.75, 3.05) is 0 Å². The van der Waals surface area contributed by atoms with Crippen LogP contribution in [0.1, 0.15) is 32.8 Å². The maximum Gasteiger partial charge on any atom is 0.646 e. The maximum atomic E-state index is 13.5. The van der Waals surface area contributed by atoms with Gasteiger partial charge in [-0.15, -0.1) is 4.89 Å². The number of benzene rings is 1. The van der Waals surface area contributed by atoms with E-state index in [9.17, 15) is 39.5 Å². The molecule has 0 bridgehead atoms. The molecule has 1 aliphatic rings. The molecule has 1 saturated heterocycles. The van der Waals surface area contributed by atoms with E-state index in [1.165, 1.54) is 6.92 Å². The molecule has 1 aromatic carbocycles. The molecule has 3 rings (SSSR count). The molecule has 1 amide bonds. The maximum absolute atomic E-state index is 13.5. The molecule has 1 aromatic heterocycles. The molecular weight excluding hydrogens is 509 g/mol. The molecule has 0 radical (unpaired) electrons. The number of nitrogens with zero attached hydrogens (tertiary/aromatic N) is 1. The second-order valence-corrected chi connectivity index (χ2v) is 10.4. The SMILES string of the molecule is CC(C)C[C@H](NOC1O[C@@H](C)[C@H](O)[C@@H](O)[C@H]1O)C(=O)N([C@@H](Cc1c[nH]c2ccccc12)C(=O)O)[P+](=O)O. The van der Waals surface area contributed by atoms with Crippen molar-refractivity contribution in [3.63, 3.8) is 0 Å². The third-order valence-corrected chi connectivity index (χ3v) is 7.06. The minimum atomic E-state index is -3.42. The Hall–Kier alpha value is -2.48. The number of nitrogens with one attached hydrogen (secondary N) is 2. The first-order chi connectivity index (χ1) is 17.4. The number of fused-ring (bicyclic) bond motifs is 1. The predicted molar refractivity (Wildman–Crippen MR) is 130 cm³/mol. The van der Waals surface area contributed by atoms with E-state index in [0.29, 0.717) is 15.6 Å². The number of aliphatic carboxylic acids is 1. The van der Waals surface area contributed by atoms with Crippen LogP contribution >= 0.6 is 8.18 Å². The van der Waals surface area contributed by atoms with Crippen LogP contribution in [-0.4, -0.2) is 89.6 Å². The lowest BCUT2D eigenvalue weighted by Gasteiger charge is -2.39. The zero-order valence-corrected chi connectivity index (χ0v) is 21.5. The summed E-state index contributed by atoms with van der Waals surface area (Å²) in [5, 5.41) is 40.7. The van der Waals surface area contributed by atoms with Crippen molar-refractivity contribution in [2.24, 2.45) is 5.92 Å². The number of para-hydroxylation sites is 1. The van der Waals surface area contributed by atoms with E-state index in [0.717, 1.165) is 5.52 Å². The van der Waals surface area contributed by atoms with Crippen LogP contribution in [0.25, 0.3) is 10.9 Å². The van der Waals surface area contributed by atoms with Gasteiger partial charge in [0.15, 0.2) is 6.04 Å². The van der Waals surface area contributed by atoms with Gasteiger partial charge < -0.3 is 30.1 Å². The first-order valence-corrected chi connectivity index (χ1v) is 13.0. The lowest BCUT2D eigenvalue weighted by Crippen LogP contribution is -2.59. The molecule has 0 spiro atoms. The number of aliphatic hydroxyl groups is 3. The van der Waals surface area contributed by atoms with E-state index < -0.39 is 62.8 Å². The summed E-state index contributed by atoms with van der Waals surface area (Å²) < 4.78 is 18.1. The van der Waals surface area contributed by atoms with Gasteiger partial charge in [-0.3, -0.25) is 9.63 Å². The van der Waals surface area contributed by atoms with Crippen LogP contribution in [0.15, 0.2) is 30.5 Å². The molecular formula is C23H33N3O10P+. The molecule has 0 saturated carbocycles. The summed E-state index contributed by atoms with van der Waals surface area (Å²) in [6, 6.07) is 4.15. The van der Waals surface area contributed by atoms with Gasteiger partial charge in [-0.25, -0.2) is 4.79 Å². The fourth-order valence-electron chi connectivity index (χ4n) is 4.23. The zero-order chi connectivity index (χ0) is 27.4. The number of hydrogen-bond donors (Lipinski definition) is 7. The van der Waals surface area contributed by atoms with Crippen molar-refractivity contribution in [1.29, 1.82) is 0 Å². The lowest BCUT2D eigenvalue weighted by atomic mass is 10.00. The standard InChI is InChI=1S/C23H32N3O10P/c1-11(2)8-16(25-36-23-20(29)19(28)18(27)12(3)35-23)21(30)26(37(33)34)17(22(31)32)9-13-10-24-15-7-5-4-6-14(13)15/h4-7,10-12,16-20,23-25,27-29H,8-9H2,1-3H3,(H-,31,32,33,34)/p+1/t12-,16-,17-,18-,19+,20+,23?/m0/s1. The first-order valence-electron chi connectivity index (χ1n) is 11.8. The number of amides is 1. The van der Waals surface area contributed by atoms with Gasteiger partial charge in [0, 0.05) is 23.5 Å². The molecule has 204 valence electrons. The Morgan fingerprint density at radius 3 is 2.49 bits per heavy atom. The normalized spacial score (nSPS) is 26.2. The number of ether oxygens (including phenoxy) is 1. The fourth-order valence-corrected chi connectivity index (χ4v) is 4.96. The predicted octanol–water partition coefficient (Wildman–Crippen LogP) is 0.405. The number of hydrogen-bond acceptors (Lipinski definition) is 9. The highest BCUT2D eigenvalue weighted by Crippen LogP contribution is 2.31. The molecule has 13 nitrogen and oxygen atoms in total. The van der Waals surface area contributed by atoms with E-state index in [4.69, 9.17) is 9.57 Å². The van der Waals surface area contributed by atoms with Crippen molar-refractivity contribution in [3.8, 4) is 0 Å². The smallest absolute Gasteiger partial charge is 0.480 e. The Morgan fingerprint density at radius 1 is 1.19 bits per heavy atom. The molecule has 1 fully saturated rings. The van der Waals surface area contributed by atoms with E-state index in [1.54, 1.807) is 44.3 Å². The van der Waals surface area contributed by atoms with Gasteiger partial charge in [0.05, 0.1) is 6.10 Å². The second-order valence-electron chi connectivity index (χ2n) is 9.45. The third-order valence-electron chi connectivity index (χ3n) is 6.22. The zero-order valence-electron chi connectivity index (χ0n) is 20.6. The quantitative estimate of drug-likeness (QED) is 0.153. The summed E-state index contributed by atoms with van der Waals surface area (Å²) in [5.41, 5.74) is 3.70. The number of carbonyl (C=O) groups excluding carboxylic acids is 1. The Kier molecular flexibility index (Phi) is 9.73. The molecule has 8 atom stereocenters. The van der Waals surface area contributed by atoms with E-state index in [2.05, 4.69) is 10.5 Å². The van der Waals surface area contributed by atoms with Crippen LogP contribution in [0.4, 0.5) is 0 Å². The van der Waals surface area contributed by atoms with E-state index in [1.807, 2.05) is 0 Å². The van der Waals surface area contributed by atoms with Crippen LogP contribution in [0.5, 0.6) is 0 Å². The minimum Gasteiger partial charge on any atom is -0.480 e. The van der Waals surface area contributed by atoms with Crippen molar-refractivity contribution < 1.29 is 49.0 Å². The Balaban J connectivity index is 1.83. The number of aromatic nitrogens is 1. The molecule has 14 heteroatoms. The Morgan fingerprint density at radius 2 is 1.86 bits per heavy atom. The van der Waals surface area contributed by atoms with Crippen molar-refractivity contribution in [3.05, 3.63) is 36.0 Å². The highest BCUT2D eigenvalue weighted by molar-refractivity contribution is 7.36. The highest BCUT2D eigenvalue weighted by atomic mass is 31.1. The largest absolute Gasteiger partial charge is 0.646 e. The van der Waals surface area contributed by atoms with Gasteiger partial charge >= 0.3 is 14.1 Å². The molecule has 2 aromatic rings. The van der Waals surface area contributed by atoms with Crippen molar-refractivity contribution in [1.82, 2.24) is 15.1 Å². The average Bonchev–Trinajstić information content (AvgIpc) is 3.25. The van der Waals surface area contributed by atoms with Crippen molar-refractivity contribution in [2.45, 2.75) is 76.4 Å². The summed E-state index contributed by atoms with van der Waals surface area (Å²) in [6.07, 6.45) is -5.57. The topological polar surface area (TPSA) is 202 Å². The monoisotopic (exact) mass is 542 g/mol. The third kappa shape index (κ3) is 6.70. The van der Waals surface area contributed by atoms with Gasteiger partial charge in [0.2, 0.25) is 6.29 Å². The van der Waals surface area contributed by atoms with Crippen LogP contribution < -0.4 is 5.48 Å². The van der Waals surface area contributed by atoms with E-state index in [-0.39, 0.29) is 18.8 Å². The van der Waals surface area contributed by atoms with Crippen LogP contribution in [0.3, 0.4) is 0 Å². The number of carboxylic acid groups (broad SMARTS) is 1. The fraction of sp³-hybridized carbons (Fsp3) is 0.565. The summed E-state index contributed by atoms with van der Waals surface area (Å²) in [4.78, 5) is 44.1. The van der Waals surface area contributed by atoms with Crippen LogP contribution in [0.2, 0.25) is 0 Å². The summed E-state index contributed by atoms with van der Waals surface area (Å²) >= 11 is 0. The highest BCUT2D eigenvalue weighted by Gasteiger charge is 2.48. The Labute approximate surface area is 213 Å². The second kappa shape index (κ2) is 12.4. The van der Waals surface area contributed by atoms with Gasteiger partial charge in [-0.05, 0) is 35.5 Å². The van der Waals surface area contributed by atoms with Crippen LogP contribution in [-0.2, 0) is 30.1 Å². The number of carboxylic acids is 1. The molecule has 2 heterocycles. The van der Waals surface area contributed by atoms with Gasteiger partial charge in [0.1, 0.15) is 24.4 Å². The molecule has 1 aliphatic heterocycles. The van der Waals surface area contributed by atoms with Crippen LogP contribution in [0, 0.1) is 5.92 Å². The van der Waals surface area contributed by atoms with Gasteiger partial charge in [0.25, 0.3) is 5.91 Å². The number of rotatable bonds is 11. The number of aromatic amines is 1. The molecule has 0 aliphatic carbocycles. The number of hydroxylamine groups is 1. The first kappa shape index (κ1) is 29.1. The van der Waals surface area contributed by atoms with E-state index >= 15 is 0 Å². The average molecular weight is 543 g/mol.